The summed E-state index contributed by atoms with van der Waals surface area (Å²) in [4.78, 5) is 22.7. The van der Waals surface area contributed by atoms with E-state index in [-0.39, 0.29) is 17.1 Å². The molecule has 1 aromatic carbocycles. The minimum absolute atomic E-state index is 0.0553. The number of amides is 1. The van der Waals surface area contributed by atoms with Crippen molar-refractivity contribution in [3.63, 3.8) is 0 Å². The molecule has 1 aromatic heterocycles. The first-order chi connectivity index (χ1) is 9.93. The summed E-state index contributed by atoms with van der Waals surface area (Å²) in [7, 11) is 1.66. The van der Waals surface area contributed by atoms with E-state index in [1.54, 1.807) is 20.9 Å². The van der Waals surface area contributed by atoms with E-state index in [0.29, 0.717) is 16.9 Å². The standard InChI is InChI=1S/C13H14N4O4/c1-7-8(2)16-21-13(7)15-12(18)10-6-9(14-3)4-5-11(10)17(19)20/h4-6,14H,1-3H3,(H,15,18). The second-order valence-electron chi connectivity index (χ2n) is 4.42. The van der Waals surface area contributed by atoms with Gasteiger partial charge in [0.05, 0.1) is 10.6 Å². The van der Waals surface area contributed by atoms with Gasteiger partial charge in [-0.25, -0.2) is 0 Å². The van der Waals surface area contributed by atoms with Gasteiger partial charge in [0, 0.05) is 24.4 Å². The van der Waals surface area contributed by atoms with Crippen molar-refractivity contribution in [2.45, 2.75) is 13.8 Å². The zero-order valence-electron chi connectivity index (χ0n) is 11.8. The molecule has 0 aliphatic heterocycles. The second-order valence-corrected chi connectivity index (χ2v) is 4.42. The predicted octanol–water partition coefficient (Wildman–Crippen LogP) is 2.49. The van der Waals surface area contributed by atoms with E-state index < -0.39 is 10.8 Å². The Morgan fingerprint density at radius 2 is 2.10 bits per heavy atom. The van der Waals surface area contributed by atoms with Gasteiger partial charge < -0.3 is 9.84 Å². The first kappa shape index (κ1) is 14.5. The van der Waals surface area contributed by atoms with Gasteiger partial charge in [-0.15, -0.1) is 0 Å². The summed E-state index contributed by atoms with van der Waals surface area (Å²) in [5.74, 6) is -0.445. The molecule has 21 heavy (non-hydrogen) atoms. The fraction of sp³-hybridized carbons (Fsp3) is 0.231. The number of nitrogens with zero attached hydrogens (tertiary/aromatic N) is 2. The molecule has 0 radical (unpaired) electrons. The maximum atomic E-state index is 12.2. The lowest BCUT2D eigenvalue weighted by Gasteiger charge is -2.06. The summed E-state index contributed by atoms with van der Waals surface area (Å²) >= 11 is 0. The average molecular weight is 290 g/mol. The Labute approximate surface area is 120 Å². The van der Waals surface area contributed by atoms with Crippen molar-refractivity contribution in [1.82, 2.24) is 5.16 Å². The van der Waals surface area contributed by atoms with Crippen molar-refractivity contribution in [2.24, 2.45) is 0 Å². The summed E-state index contributed by atoms with van der Waals surface area (Å²) in [5, 5.41) is 20.1. The van der Waals surface area contributed by atoms with Crippen LogP contribution in [-0.2, 0) is 0 Å². The van der Waals surface area contributed by atoms with Crippen molar-refractivity contribution in [1.29, 1.82) is 0 Å². The van der Waals surface area contributed by atoms with Crippen molar-refractivity contribution < 1.29 is 14.2 Å². The van der Waals surface area contributed by atoms with E-state index in [2.05, 4.69) is 15.8 Å². The molecule has 2 rings (SSSR count). The fourth-order valence-electron chi connectivity index (χ4n) is 1.73. The van der Waals surface area contributed by atoms with Crippen LogP contribution < -0.4 is 10.6 Å². The van der Waals surface area contributed by atoms with Crippen molar-refractivity contribution >= 4 is 23.2 Å². The number of carbonyl (C=O) groups is 1. The van der Waals surface area contributed by atoms with Gasteiger partial charge in [-0.05, 0) is 26.0 Å². The molecule has 1 heterocycles. The molecule has 0 aliphatic carbocycles. The number of aromatic nitrogens is 1. The monoisotopic (exact) mass is 290 g/mol. The zero-order valence-corrected chi connectivity index (χ0v) is 11.8. The number of carbonyl (C=O) groups excluding carboxylic acids is 1. The van der Waals surface area contributed by atoms with E-state index in [0.717, 1.165) is 0 Å². The minimum Gasteiger partial charge on any atom is -0.388 e. The number of anilines is 2. The van der Waals surface area contributed by atoms with E-state index in [9.17, 15) is 14.9 Å². The molecule has 2 N–H and O–H groups in total. The van der Waals surface area contributed by atoms with Gasteiger partial charge >= 0.3 is 0 Å². The van der Waals surface area contributed by atoms with Gasteiger partial charge in [0.1, 0.15) is 5.56 Å². The van der Waals surface area contributed by atoms with E-state index >= 15 is 0 Å². The molecule has 0 aliphatic rings. The van der Waals surface area contributed by atoms with Crippen LogP contribution >= 0.6 is 0 Å². The lowest BCUT2D eigenvalue weighted by Crippen LogP contribution is -2.14. The minimum atomic E-state index is -0.627. The smallest absolute Gasteiger partial charge is 0.282 e. The maximum absolute atomic E-state index is 12.2. The highest BCUT2D eigenvalue weighted by atomic mass is 16.6. The maximum Gasteiger partial charge on any atom is 0.282 e. The number of nitro benzene ring substituents is 1. The fourth-order valence-corrected chi connectivity index (χ4v) is 1.73. The molecular weight excluding hydrogens is 276 g/mol. The van der Waals surface area contributed by atoms with Gasteiger partial charge in [0.25, 0.3) is 11.6 Å². The van der Waals surface area contributed by atoms with Gasteiger partial charge in [0.15, 0.2) is 0 Å². The Morgan fingerprint density at radius 1 is 1.38 bits per heavy atom. The number of hydrogen-bond donors (Lipinski definition) is 2. The summed E-state index contributed by atoms with van der Waals surface area (Å²) < 4.78 is 4.98. The number of hydrogen-bond acceptors (Lipinski definition) is 6. The van der Waals surface area contributed by atoms with E-state index in [1.165, 1.54) is 18.2 Å². The highest BCUT2D eigenvalue weighted by molar-refractivity contribution is 6.07. The molecule has 110 valence electrons. The molecular formula is C13H14N4O4. The van der Waals surface area contributed by atoms with Crippen molar-refractivity contribution in [2.75, 3.05) is 17.7 Å². The molecule has 0 saturated heterocycles. The normalized spacial score (nSPS) is 10.2. The lowest BCUT2D eigenvalue weighted by molar-refractivity contribution is -0.385. The van der Waals surface area contributed by atoms with Crippen LogP contribution in [0.5, 0.6) is 0 Å². The summed E-state index contributed by atoms with van der Waals surface area (Å²) in [5.41, 5.74) is 1.58. The third-order valence-corrected chi connectivity index (χ3v) is 3.11. The Kier molecular flexibility index (Phi) is 3.88. The summed E-state index contributed by atoms with van der Waals surface area (Å²) in [6, 6.07) is 4.21. The van der Waals surface area contributed by atoms with Gasteiger partial charge in [-0.1, -0.05) is 5.16 Å². The van der Waals surface area contributed by atoms with Crippen LogP contribution in [0.2, 0.25) is 0 Å². The Bertz CT molecular complexity index is 708. The van der Waals surface area contributed by atoms with Crippen LogP contribution in [0.15, 0.2) is 22.7 Å². The van der Waals surface area contributed by atoms with Crippen LogP contribution in [0.3, 0.4) is 0 Å². The predicted molar refractivity (Wildman–Crippen MR) is 76.6 cm³/mol. The Morgan fingerprint density at radius 3 is 2.62 bits per heavy atom. The largest absolute Gasteiger partial charge is 0.388 e. The number of nitro groups is 1. The Balaban J connectivity index is 2.37. The molecule has 0 bridgehead atoms. The van der Waals surface area contributed by atoms with E-state index in [4.69, 9.17) is 4.52 Å². The molecule has 0 atom stereocenters. The van der Waals surface area contributed by atoms with Gasteiger partial charge in [0.2, 0.25) is 5.88 Å². The third-order valence-electron chi connectivity index (χ3n) is 3.11. The van der Waals surface area contributed by atoms with Crippen molar-refractivity contribution in [3.8, 4) is 0 Å². The van der Waals surface area contributed by atoms with Gasteiger partial charge in [-0.3, -0.25) is 20.2 Å². The quantitative estimate of drug-likeness (QED) is 0.661. The SMILES string of the molecule is CNc1ccc([N+](=O)[O-])c(C(=O)Nc2onc(C)c2C)c1. The van der Waals surface area contributed by atoms with Crippen LogP contribution in [0.1, 0.15) is 21.6 Å². The van der Waals surface area contributed by atoms with Crippen LogP contribution in [0, 0.1) is 24.0 Å². The summed E-state index contributed by atoms with van der Waals surface area (Å²) in [6.45, 7) is 3.47. The van der Waals surface area contributed by atoms with Crippen molar-refractivity contribution in [3.05, 3.63) is 45.1 Å². The molecule has 0 spiro atoms. The van der Waals surface area contributed by atoms with Gasteiger partial charge in [-0.2, -0.15) is 0 Å². The second kappa shape index (κ2) is 5.61. The summed E-state index contributed by atoms with van der Waals surface area (Å²) in [6.07, 6.45) is 0. The first-order valence-corrected chi connectivity index (χ1v) is 6.14. The number of benzene rings is 1. The molecule has 1 amide bonds. The number of aryl methyl sites for hydroxylation is 1. The molecule has 0 fully saturated rings. The number of rotatable bonds is 4. The molecule has 8 heteroatoms. The molecule has 2 aromatic rings. The number of nitrogens with one attached hydrogen (secondary N) is 2. The van der Waals surface area contributed by atoms with Crippen LogP contribution in [0.4, 0.5) is 17.3 Å². The van der Waals surface area contributed by atoms with E-state index in [1.807, 2.05) is 0 Å². The molecule has 0 unspecified atom stereocenters. The topological polar surface area (TPSA) is 110 Å². The zero-order chi connectivity index (χ0) is 15.6. The molecule has 0 saturated carbocycles. The average Bonchev–Trinajstić information content (AvgIpc) is 2.78. The highest BCUT2D eigenvalue weighted by Crippen LogP contribution is 2.25. The Hall–Kier alpha value is -2.90. The highest BCUT2D eigenvalue weighted by Gasteiger charge is 2.22. The first-order valence-electron chi connectivity index (χ1n) is 6.14. The van der Waals surface area contributed by atoms with Crippen LogP contribution in [-0.4, -0.2) is 23.0 Å². The molecule has 8 nitrogen and oxygen atoms in total. The lowest BCUT2D eigenvalue weighted by atomic mass is 10.1. The third kappa shape index (κ3) is 2.83. The van der Waals surface area contributed by atoms with Crippen LogP contribution in [0.25, 0.3) is 0 Å².